The van der Waals surface area contributed by atoms with Crippen molar-refractivity contribution in [3.8, 4) is 0 Å². The van der Waals surface area contributed by atoms with Gasteiger partial charge in [0.15, 0.2) is 0 Å². The maximum Gasteiger partial charge on any atom is 0.309 e. The molecule has 1 unspecified atom stereocenters. The molecule has 1 aliphatic heterocycles. The minimum Gasteiger partial charge on any atom is -0.469 e. The van der Waals surface area contributed by atoms with Crippen LogP contribution in [0.4, 0.5) is 0 Å². The second kappa shape index (κ2) is 7.60. The molecule has 0 spiro atoms. The minimum absolute atomic E-state index is 0.00284. The number of benzene rings is 1. The van der Waals surface area contributed by atoms with E-state index >= 15 is 0 Å². The third-order valence-corrected chi connectivity index (χ3v) is 4.91. The summed E-state index contributed by atoms with van der Waals surface area (Å²) in [6.07, 6.45) is 1.72. The van der Waals surface area contributed by atoms with Gasteiger partial charge in [0, 0.05) is 11.1 Å². The molecule has 0 N–H and O–H groups in total. The molecule has 2 atom stereocenters. The molecule has 0 radical (unpaired) electrons. The van der Waals surface area contributed by atoms with Crippen LogP contribution in [-0.4, -0.2) is 37.9 Å². The molecule has 1 heterocycles. The number of methoxy groups -OCH3 is 2. The Morgan fingerprint density at radius 1 is 1.21 bits per heavy atom. The lowest BCUT2D eigenvalue weighted by Gasteiger charge is -2.35. The van der Waals surface area contributed by atoms with Gasteiger partial charge in [0.1, 0.15) is 0 Å². The molecule has 1 aliphatic rings. The van der Waals surface area contributed by atoms with Crippen molar-refractivity contribution >= 4 is 17.7 Å². The van der Waals surface area contributed by atoms with Gasteiger partial charge in [-0.2, -0.15) is 0 Å². The lowest BCUT2D eigenvalue weighted by Crippen LogP contribution is -2.41. The number of hydrogen-bond donors (Lipinski definition) is 0. The first kappa shape index (κ1) is 18.2. The van der Waals surface area contributed by atoms with Crippen molar-refractivity contribution in [1.82, 2.24) is 0 Å². The van der Waals surface area contributed by atoms with Crippen LogP contribution in [0.15, 0.2) is 35.3 Å². The summed E-state index contributed by atoms with van der Waals surface area (Å²) < 4.78 is 9.66. The fraction of sp³-hybridized carbons (Fsp3) is 0.526. The molecule has 130 valence electrons. The lowest BCUT2D eigenvalue weighted by molar-refractivity contribution is -0.157. The molecular formula is C19H25NO4. The fourth-order valence-electron chi connectivity index (χ4n) is 3.25. The van der Waals surface area contributed by atoms with Gasteiger partial charge in [-0.25, -0.2) is 0 Å². The van der Waals surface area contributed by atoms with E-state index in [1.165, 1.54) is 14.2 Å². The third kappa shape index (κ3) is 3.83. The van der Waals surface area contributed by atoms with Gasteiger partial charge in [-0.1, -0.05) is 44.2 Å². The Bertz CT molecular complexity index is 622. The number of aliphatic imine (C=N–C) groups is 1. The van der Waals surface area contributed by atoms with Crippen LogP contribution < -0.4 is 0 Å². The summed E-state index contributed by atoms with van der Waals surface area (Å²) in [4.78, 5) is 28.8. The Kier molecular flexibility index (Phi) is 5.75. The van der Waals surface area contributed by atoms with Crippen LogP contribution in [0.5, 0.6) is 0 Å². The molecule has 0 saturated heterocycles. The summed E-state index contributed by atoms with van der Waals surface area (Å²) in [6.45, 7) is 3.94. The summed E-state index contributed by atoms with van der Waals surface area (Å²) >= 11 is 0. The number of nitrogens with zero attached hydrogens (tertiary/aromatic N) is 1. The van der Waals surface area contributed by atoms with Gasteiger partial charge in [-0.3, -0.25) is 14.6 Å². The maximum atomic E-state index is 12.2. The fourth-order valence-corrected chi connectivity index (χ4v) is 3.25. The zero-order valence-electron chi connectivity index (χ0n) is 14.7. The first-order valence-corrected chi connectivity index (χ1v) is 8.17. The first-order chi connectivity index (χ1) is 11.4. The van der Waals surface area contributed by atoms with E-state index in [2.05, 4.69) is 0 Å². The third-order valence-electron chi connectivity index (χ3n) is 4.91. The average molecular weight is 331 g/mol. The van der Waals surface area contributed by atoms with Gasteiger partial charge in [0.2, 0.25) is 0 Å². The van der Waals surface area contributed by atoms with Crippen molar-refractivity contribution in [3.05, 3.63) is 35.9 Å². The molecule has 1 aromatic carbocycles. The highest BCUT2D eigenvalue weighted by atomic mass is 16.5. The highest BCUT2D eigenvalue weighted by molar-refractivity contribution is 6.01. The van der Waals surface area contributed by atoms with Gasteiger partial charge < -0.3 is 9.47 Å². The number of hydrogen-bond acceptors (Lipinski definition) is 5. The van der Waals surface area contributed by atoms with Crippen LogP contribution in [0, 0.1) is 11.3 Å². The quantitative estimate of drug-likeness (QED) is 0.752. The van der Waals surface area contributed by atoms with Crippen LogP contribution in [-0.2, 0) is 19.1 Å². The van der Waals surface area contributed by atoms with Crippen molar-refractivity contribution < 1.29 is 19.1 Å². The zero-order chi connectivity index (χ0) is 17.7. The van der Waals surface area contributed by atoms with E-state index in [-0.39, 0.29) is 12.5 Å². The van der Waals surface area contributed by atoms with Crippen molar-refractivity contribution in [2.75, 3.05) is 14.2 Å². The van der Waals surface area contributed by atoms with Crippen LogP contribution in [0.2, 0.25) is 0 Å². The molecule has 5 heteroatoms. The second-order valence-electron chi connectivity index (χ2n) is 6.67. The highest BCUT2D eigenvalue weighted by Gasteiger charge is 2.44. The first-order valence-electron chi connectivity index (χ1n) is 8.17. The largest absolute Gasteiger partial charge is 0.469 e. The Morgan fingerprint density at radius 3 is 2.46 bits per heavy atom. The number of ether oxygens (including phenoxy) is 2. The summed E-state index contributed by atoms with van der Waals surface area (Å²) in [5.74, 6) is -1.39. The highest BCUT2D eigenvalue weighted by Crippen LogP contribution is 2.41. The van der Waals surface area contributed by atoms with E-state index in [9.17, 15) is 9.59 Å². The monoisotopic (exact) mass is 331 g/mol. The molecule has 1 aromatic rings. The lowest BCUT2D eigenvalue weighted by atomic mass is 9.71. The Labute approximate surface area is 143 Å². The topological polar surface area (TPSA) is 65.0 Å². The van der Waals surface area contributed by atoms with E-state index in [0.29, 0.717) is 0 Å². The Balaban J connectivity index is 2.25. The van der Waals surface area contributed by atoms with Gasteiger partial charge in [0.05, 0.1) is 32.6 Å². The zero-order valence-corrected chi connectivity index (χ0v) is 14.7. The minimum atomic E-state index is -0.584. The molecule has 0 aromatic heterocycles. The number of carbonyl (C=O) groups is 2. The maximum absolute atomic E-state index is 12.2. The molecule has 0 fully saturated rings. The van der Waals surface area contributed by atoms with Crippen molar-refractivity contribution in [3.63, 3.8) is 0 Å². The number of carbonyl (C=O) groups excluding carboxylic acids is 2. The van der Waals surface area contributed by atoms with Crippen molar-refractivity contribution in [2.24, 2.45) is 16.3 Å². The predicted octanol–water partition coefficient (Wildman–Crippen LogP) is 3.02. The molecule has 0 aliphatic carbocycles. The predicted molar refractivity (Wildman–Crippen MR) is 91.9 cm³/mol. The SMILES string of the molecule is COC(=O)CC(C(=O)OC)C(C)(C)[C@H]1CCC(c2ccccc2)=N1. The number of esters is 2. The summed E-state index contributed by atoms with van der Waals surface area (Å²) in [6, 6.07) is 10.0. The van der Waals surface area contributed by atoms with Crippen molar-refractivity contribution in [2.45, 2.75) is 39.2 Å². The standard InChI is InChI=1S/C19H25NO4/c1-19(2,14(18(22)24-4)12-17(21)23-3)16-11-10-15(20-16)13-8-6-5-7-9-13/h5-9,14,16H,10-12H2,1-4H3/t14?,16-/m1/s1. The van der Waals surface area contributed by atoms with Gasteiger partial charge >= 0.3 is 11.9 Å². The van der Waals surface area contributed by atoms with Crippen LogP contribution in [0.1, 0.15) is 38.7 Å². The summed E-state index contributed by atoms with van der Waals surface area (Å²) in [7, 11) is 2.67. The average Bonchev–Trinajstić information content (AvgIpc) is 3.10. The molecule has 2 rings (SSSR count). The van der Waals surface area contributed by atoms with E-state index in [4.69, 9.17) is 14.5 Å². The van der Waals surface area contributed by atoms with E-state index in [1.807, 2.05) is 44.2 Å². The van der Waals surface area contributed by atoms with Crippen LogP contribution in [0.25, 0.3) is 0 Å². The van der Waals surface area contributed by atoms with Gasteiger partial charge in [0.25, 0.3) is 0 Å². The smallest absolute Gasteiger partial charge is 0.309 e. The van der Waals surface area contributed by atoms with Crippen molar-refractivity contribution in [1.29, 1.82) is 0 Å². The second-order valence-corrected chi connectivity index (χ2v) is 6.67. The van der Waals surface area contributed by atoms with Gasteiger partial charge in [-0.05, 0) is 18.4 Å². The molecule has 5 nitrogen and oxygen atoms in total. The molecule has 0 bridgehead atoms. The van der Waals surface area contributed by atoms with E-state index in [0.717, 1.165) is 24.1 Å². The van der Waals surface area contributed by atoms with E-state index < -0.39 is 23.3 Å². The van der Waals surface area contributed by atoms with Gasteiger partial charge in [-0.15, -0.1) is 0 Å². The normalized spacial score (nSPS) is 18.7. The molecular weight excluding hydrogens is 306 g/mol. The molecule has 24 heavy (non-hydrogen) atoms. The van der Waals surface area contributed by atoms with Crippen LogP contribution in [0.3, 0.4) is 0 Å². The van der Waals surface area contributed by atoms with Crippen LogP contribution >= 0.6 is 0 Å². The summed E-state index contributed by atoms with van der Waals surface area (Å²) in [5, 5.41) is 0. The summed E-state index contributed by atoms with van der Waals surface area (Å²) in [5.41, 5.74) is 1.66. The van der Waals surface area contributed by atoms with E-state index in [1.54, 1.807) is 0 Å². The molecule has 0 amide bonds. The Hall–Kier alpha value is -2.17. The molecule has 0 saturated carbocycles. The Morgan fingerprint density at radius 2 is 1.88 bits per heavy atom. The number of rotatable bonds is 6.